The third-order valence-electron chi connectivity index (χ3n) is 5.41. The van der Waals surface area contributed by atoms with Crippen molar-refractivity contribution < 1.29 is 18.3 Å². The van der Waals surface area contributed by atoms with E-state index in [4.69, 9.17) is 0 Å². The van der Waals surface area contributed by atoms with Crippen LogP contribution in [0.2, 0.25) is 0 Å². The van der Waals surface area contributed by atoms with E-state index in [1.807, 2.05) is 36.4 Å². The molecule has 142 valence electrons. The van der Waals surface area contributed by atoms with Gasteiger partial charge >= 0.3 is 5.51 Å². The van der Waals surface area contributed by atoms with Crippen molar-refractivity contribution in [3.63, 3.8) is 0 Å². The summed E-state index contributed by atoms with van der Waals surface area (Å²) in [6.07, 6.45) is 5.35. The standard InChI is InChI=1S/C21H20F3NOS/c22-21(23,24)27-17-8-7-15-6-5-14-3-1-2-4-18(14)20(26,19(15)13-17)16-9-11-25-12-10-16/h1-8,13,16,25-26H,9-12H2/t20-/m1/s1. The number of halogens is 3. The summed E-state index contributed by atoms with van der Waals surface area (Å²) in [5.74, 6) is -0.0651. The lowest BCUT2D eigenvalue weighted by Gasteiger charge is -2.40. The van der Waals surface area contributed by atoms with Gasteiger partial charge in [0.15, 0.2) is 0 Å². The van der Waals surface area contributed by atoms with Crippen molar-refractivity contribution in [3.05, 3.63) is 64.7 Å². The first-order chi connectivity index (χ1) is 12.9. The van der Waals surface area contributed by atoms with Gasteiger partial charge in [-0.05, 0) is 78.0 Å². The first-order valence-corrected chi connectivity index (χ1v) is 9.80. The second kappa shape index (κ2) is 7.00. The second-order valence-corrected chi connectivity index (χ2v) is 8.15. The third-order valence-corrected chi connectivity index (χ3v) is 6.13. The Labute approximate surface area is 160 Å². The minimum Gasteiger partial charge on any atom is -0.380 e. The molecule has 2 N–H and O–H groups in total. The molecular weight excluding hydrogens is 371 g/mol. The molecule has 1 saturated heterocycles. The van der Waals surface area contributed by atoms with E-state index in [2.05, 4.69) is 5.32 Å². The van der Waals surface area contributed by atoms with Crippen LogP contribution in [0.15, 0.2) is 47.4 Å². The molecule has 0 unspecified atom stereocenters. The molecule has 0 saturated carbocycles. The number of hydrogen-bond acceptors (Lipinski definition) is 3. The minimum atomic E-state index is -4.36. The average molecular weight is 391 g/mol. The molecule has 0 aromatic heterocycles. The van der Waals surface area contributed by atoms with Gasteiger partial charge < -0.3 is 10.4 Å². The predicted molar refractivity (Wildman–Crippen MR) is 102 cm³/mol. The first kappa shape index (κ1) is 18.6. The SMILES string of the molecule is O[C@]1(C2CCNCC2)c2ccccc2C=Cc2ccc(SC(F)(F)F)cc21. The lowest BCUT2D eigenvalue weighted by molar-refractivity contribution is -0.0328. The Balaban J connectivity index is 1.90. The van der Waals surface area contributed by atoms with Gasteiger partial charge in [-0.3, -0.25) is 0 Å². The fourth-order valence-corrected chi connectivity index (χ4v) is 4.78. The van der Waals surface area contributed by atoms with Gasteiger partial charge in [-0.15, -0.1) is 0 Å². The number of benzene rings is 2. The summed E-state index contributed by atoms with van der Waals surface area (Å²) in [5.41, 5.74) is -2.69. The van der Waals surface area contributed by atoms with E-state index in [1.165, 1.54) is 12.1 Å². The fourth-order valence-electron chi connectivity index (χ4n) is 4.20. The van der Waals surface area contributed by atoms with Gasteiger partial charge in [0.05, 0.1) is 0 Å². The molecule has 1 aliphatic heterocycles. The van der Waals surface area contributed by atoms with Crippen LogP contribution in [-0.2, 0) is 5.60 Å². The van der Waals surface area contributed by atoms with Crippen molar-refractivity contribution >= 4 is 23.9 Å². The number of aliphatic hydroxyl groups is 1. The van der Waals surface area contributed by atoms with Crippen LogP contribution >= 0.6 is 11.8 Å². The van der Waals surface area contributed by atoms with Crippen LogP contribution in [0.1, 0.15) is 35.1 Å². The van der Waals surface area contributed by atoms with Crippen LogP contribution in [0.25, 0.3) is 12.2 Å². The molecule has 27 heavy (non-hydrogen) atoms. The average Bonchev–Trinajstić information content (AvgIpc) is 2.77. The van der Waals surface area contributed by atoms with Crippen LogP contribution in [-0.4, -0.2) is 23.7 Å². The van der Waals surface area contributed by atoms with Crippen LogP contribution in [0, 0.1) is 5.92 Å². The molecule has 2 aromatic carbocycles. The number of alkyl halides is 3. The Morgan fingerprint density at radius 3 is 2.33 bits per heavy atom. The molecule has 0 bridgehead atoms. The molecule has 2 aliphatic rings. The Hall–Kier alpha value is -1.76. The molecule has 4 rings (SSSR count). The molecule has 6 heteroatoms. The number of thioether (sulfide) groups is 1. The lowest BCUT2D eigenvalue weighted by atomic mass is 9.70. The molecule has 0 radical (unpaired) electrons. The van der Waals surface area contributed by atoms with Gasteiger partial charge in [0.1, 0.15) is 5.60 Å². The zero-order valence-electron chi connectivity index (χ0n) is 14.6. The summed E-state index contributed by atoms with van der Waals surface area (Å²) >= 11 is -0.138. The Bertz CT molecular complexity index is 874. The van der Waals surface area contributed by atoms with Gasteiger partial charge in [-0.25, -0.2) is 0 Å². The Kier molecular flexibility index (Phi) is 4.82. The summed E-state index contributed by atoms with van der Waals surface area (Å²) in [4.78, 5) is 0.0985. The zero-order chi connectivity index (χ0) is 19.1. The van der Waals surface area contributed by atoms with Crippen LogP contribution in [0.3, 0.4) is 0 Å². The summed E-state index contributed by atoms with van der Waals surface area (Å²) in [5, 5.41) is 15.3. The van der Waals surface area contributed by atoms with Crippen molar-refractivity contribution in [3.8, 4) is 0 Å². The summed E-state index contributed by atoms with van der Waals surface area (Å²) in [6, 6.07) is 12.3. The number of nitrogens with one attached hydrogen (secondary N) is 1. The quantitative estimate of drug-likeness (QED) is 0.706. The second-order valence-electron chi connectivity index (χ2n) is 7.01. The zero-order valence-corrected chi connectivity index (χ0v) is 15.4. The largest absolute Gasteiger partial charge is 0.446 e. The maximum atomic E-state index is 12.9. The van der Waals surface area contributed by atoms with Crippen LogP contribution in [0.4, 0.5) is 13.2 Å². The van der Waals surface area contributed by atoms with E-state index in [-0.39, 0.29) is 22.6 Å². The molecular formula is C21H20F3NOS. The van der Waals surface area contributed by atoms with E-state index >= 15 is 0 Å². The highest BCUT2D eigenvalue weighted by Gasteiger charge is 2.44. The van der Waals surface area contributed by atoms with Gasteiger partial charge in [-0.2, -0.15) is 13.2 Å². The van der Waals surface area contributed by atoms with Crippen molar-refractivity contribution in [1.29, 1.82) is 0 Å². The minimum absolute atomic E-state index is 0.0651. The van der Waals surface area contributed by atoms with Crippen LogP contribution in [0.5, 0.6) is 0 Å². The van der Waals surface area contributed by atoms with E-state index in [0.29, 0.717) is 5.56 Å². The Morgan fingerprint density at radius 2 is 1.63 bits per heavy atom. The monoisotopic (exact) mass is 391 g/mol. The summed E-state index contributed by atoms with van der Waals surface area (Å²) in [6.45, 7) is 1.57. The number of fused-ring (bicyclic) bond motifs is 2. The highest BCUT2D eigenvalue weighted by atomic mass is 32.2. The molecule has 1 aliphatic carbocycles. The molecule has 0 spiro atoms. The van der Waals surface area contributed by atoms with E-state index in [1.54, 1.807) is 6.07 Å². The van der Waals surface area contributed by atoms with Gasteiger partial charge in [0.2, 0.25) is 0 Å². The molecule has 1 atom stereocenters. The number of piperidine rings is 1. The van der Waals surface area contributed by atoms with Gasteiger partial charge in [0, 0.05) is 4.90 Å². The third kappa shape index (κ3) is 3.53. The lowest BCUT2D eigenvalue weighted by Crippen LogP contribution is -2.43. The number of rotatable bonds is 2. The maximum Gasteiger partial charge on any atom is 0.446 e. The van der Waals surface area contributed by atoms with Crippen molar-refractivity contribution in [2.24, 2.45) is 5.92 Å². The molecule has 2 nitrogen and oxygen atoms in total. The highest BCUT2D eigenvalue weighted by Crippen LogP contribution is 2.47. The topological polar surface area (TPSA) is 32.3 Å². The van der Waals surface area contributed by atoms with Crippen molar-refractivity contribution in [2.75, 3.05) is 13.1 Å². The van der Waals surface area contributed by atoms with Crippen molar-refractivity contribution in [1.82, 2.24) is 5.32 Å². The van der Waals surface area contributed by atoms with E-state index < -0.39 is 11.1 Å². The predicted octanol–water partition coefficient (Wildman–Crippen LogP) is 5.02. The first-order valence-electron chi connectivity index (χ1n) is 8.99. The summed E-state index contributed by atoms with van der Waals surface area (Å²) < 4.78 is 38.8. The van der Waals surface area contributed by atoms with E-state index in [0.717, 1.165) is 42.6 Å². The van der Waals surface area contributed by atoms with E-state index in [9.17, 15) is 18.3 Å². The molecule has 2 aromatic rings. The smallest absolute Gasteiger partial charge is 0.380 e. The van der Waals surface area contributed by atoms with Gasteiger partial charge in [0.25, 0.3) is 0 Å². The highest BCUT2D eigenvalue weighted by molar-refractivity contribution is 8.00. The number of hydrogen-bond donors (Lipinski definition) is 2. The maximum absolute atomic E-state index is 12.9. The molecule has 1 heterocycles. The normalized spacial score (nSPS) is 22.8. The molecule has 0 amide bonds. The molecule has 1 fully saturated rings. The van der Waals surface area contributed by atoms with Crippen molar-refractivity contribution in [2.45, 2.75) is 28.8 Å². The Morgan fingerprint density at radius 1 is 0.963 bits per heavy atom. The van der Waals surface area contributed by atoms with Crippen LogP contribution < -0.4 is 5.32 Å². The fraction of sp³-hybridized carbons (Fsp3) is 0.333. The summed E-state index contributed by atoms with van der Waals surface area (Å²) in [7, 11) is 0. The van der Waals surface area contributed by atoms with Gasteiger partial charge in [-0.1, -0.05) is 42.5 Å².